The van der Waals surface area contributed by atoms with Gasteiger partial charge in [-0.2, -0.15) is 26.3 Å². The van der Waals surface area contributed by atoms with Gasteiger partial charge in [-0.15, -0.1) is 0 Å². The highest BCUT2D eigenvalue weighted by Crippen LogP contribution is 2.36. The van der Waals surface area contributed by atoms with Gasteiger partial charge in [0.1, 0.15) is 0 Å². The fourth-order valence-corrected chi connectivity index (χ4v) is 1.14. The largest absolute Gasteiger partial charge is 0.416 e. The van der Waals surface area contributed by atoms with Gasteiger partial charge in [0, 0.05) is 5.56 Å². The van der Waals surface area contributed by atoms with Gasteiger partial charge in [0.2, 0.25) is 0 Å². The highest BCUT2D eigenvalue weighted by Gasteiger charge is 2.36. The molecule has 18 heavy (non-hydrogen) atoms. The van der Waals surface area contributed by atoms with E-state index in [1.165, 1.54) is 0 Å². The Morgan fingerprint density at radius 2 is 1.33 bits per heavy atom. The molecule has 1 nitrogen and oxygen atoms in total. The molecule has 0 aliphatic rings. The van der Waals surface area contributed by atoms with E-state index in [0.717, 1.165) is 0 Å². The highest BCUT2D eigenvalue weighted by molar-refractivity contribution is 5.74. The summed E-state index contributed by atoms with van der Waals surface area (Å²) >= 11 is 0. The molecule has 0 heterocycles. The Balaban J connectivity index is 3.43. The first kappa shape index (κ1) is 14.1. The quantitative estimate of drug-likeness (QED) is 0.400. The minimum absolute atomic E-state index is 0.00785. The molecular weight excluding hydrogens is 262 g/mol. The van der Waals surface area contributed by atoms with Crippen molar-refractivity contribution in [3.8, 4) is 11.8 Å². The molecule has 0 aliphatic carbocycles. The average molecular weight is 266 g/mol. The van der Waals surface area contributed by atoms with E-state index in [0.29, 0.717) is 12.1 Å². The lowest BCUT2D eigenvalue weighted by Crippen LogP contribution is -2.11. The second-order valence-corrected chi connectivity index (χ2v) is 3.18. The van der Waals surface area contributed by atoms with Gasteiger partial charge in [-0.3, -0.25) is 4.79 Å². The third kappa shape index (κ3) is 3.52. The number of alkyl halides is 6. The van der Waals surface area contributed by atoms with Crippen LogP contribution in [0.2, 0.25) is 0 Å². The molecule has 0 bridgehead atoms. The van der Waals surface area contributed by atoms with Crippen LogP contribution in [0.5, 0.6) is 0 Å². The molecule has 0 atom stereocenters. The number of benzene rings is 1. The molecule has 1 rings (SSSR count). The summed E-state index contributed by atoms with van der Waals surface area (Å²) in [6.07, 6.45) is -9.76. The van der Waals surface area contributed by atoms with Crippen molar-refractivity contribution in [2.24, 2.45) is 0 Å². The van der Waals surface area contributed by atoms with Crippen LogP contribution in [0.15, 0.2) is 18.2 Å². The van der Waals surface area contributed by atoms with Gasteiger partial charge in [0.05, 0.1) is 11.1 Å². The van der Waals surface area contributed by atoms with Gasteiger partial charge in [-0.1, -0.05) is 5.92 Å². The van der Waals surface area contributed by atoms with Crippen LogP contribution < -0.4 is 0 Å². The van der Waals surface area contributed by atoms with Gasteiger partial charge in [-0.05, 0) is 24.1 Å². The van der Waals surface area contributed by atoms with Crippen LogP contribution in [-0.4, -0.2) is 6.29 Å². The summed E-state index contributed by atoms with van der Waals surface area (Å²) in [5.41, 5.74) is -3.45. The normalized spacial score (nSPS) is 11.7. The van der Waals surface area contributed by atoms with Crippen molar-refractivity contribution in [2.45, 2.75) is 12.4 Å². The second kappa shape index (κ2) is 4.72. The molecule has 0 fully saturated rings. The van der Waals surface area contributed by atoms with Crippen molar-refractivity contribution in [2.75, 3.05) is 0 Å². The molecule has 0 N–H and O–H groups in total. The van der Waals surface area contributed by atoms with Crippen molar-refractivity contribution in [1.29, 1.82) is 0 Å². The zero-order chi connectivity index (χ0) is 14.0. The third-order valence-corrected chi connectivity index (χ3v) is 1.86. The number of rotatable bonds is 0. The van der Waals surface area contributed by atoms with E-state index in [1.807, 2.05) is 5.92 Å². The zero-order valence-corrected chi connectivity index (χ0v) is 8.49. The number of carbonyl (C=O) groups is 1. The molecule has 0 aromatic heterocycles. The Labute approximate surface area is 97.4 Å². The minimum atomic E-state index is -4.92. The number of halogens is 6. The molecular formula is C11H4F6O. The second-order valence-electron chi connectivity index (χ2n) is 3.18. The Hall–Kier alpha value is -1.97. The maximum absolute atomic E-state index is 12.4. The lowest BCUT2D eigenvalue weighted by Gasteiger charge is -2.12. The van der Waals surface area contributed by atoms with Gasteiger partial charge in [-0.25, -0.2) is 0 Å². The average Bonchev–Trinajstić information content (AvgIpc) is 2.23. The van der Waals surface area contributed by atoms with E-state index < -0.39 is 29.0 Å². The van der Waals surface area contributed by atoms with E-state index >= 15 is 0 Å². The Morgan fingerprint density at radius 3 is 1.67 bits per heavy atom. The summed E-state index contributed by atoms with van der Waals surface area (Å²) in [6, 6.07) is 0.892. The van der Waals surface area contributed by atoms with Gasteiger partial charge >= 0.3 is 12.4 Å². The van der Waals surface area contributed by atoms with Gasteiger partial charge < -0.3 is 0 Å². The van der Waals surface area contributed by atoms with E-state index in [1.54, 1.807) is 5.92 Å². The number of hydrogen-bond acceptors (Lipinski definition) is 1. The first-order valence-electron chi connectivity index (χ1n) is 4.39. The molecule has 96 valence electrons. The molecule has 0 saturated carbocycles. The lowest BCUT2D eigenvalue weighted by molar-refractivity contribution is -0.143. The first-order valence-corrected chi connectivity index (χ1v) is 4.39. The van der Waals surface area contributed by atoms with Crippen molar-refractivity contribution in [3.05, 3.63) is 34.9 Å². The van der Waals surface area contributed by atoms with Gasteiger partial charge in [0.15, 0.2) is 6.29 Å². The third-order valence-electron chi connectivity index (χ3n) is 1.86. The fourth-order valence-electron chi connectivity index (χ4n) is 1.14. The van der Waals surface area contributed by atoms with Crippen molar-refractivity contribution in [3.63, 3.8) is 0 Å². The van der Waals surface area contributed by atoms with E-state index in [-0.39, 0.29) is 12.4 Å². The number of aldehydes is 1. The van der Waals surface area contributed by atoms with Crippen LogP contribution in [0.4, 0.5) is 26.3 Å². The SMILES string of the molecule is O=CC#Cc1cc(C(F)(F)F)cc(C(F)(F)F)c1. The lowest BCUT2D eigenvalue weighted by atomic mass is 10.1. The van der Waals surface area contributed by atoms with Crippen molar-refractivity contribution >= 4 is 6.29 Å². The molecule has 0 radical (unpaired) electrons. The van der Waals surface area contributed by atoms with E-state index in [4.69, 9.17) is 0 Å². The number of hydrogen-bond donors (Lipinski definition) is 0. The maximum atomic E-state index is 12.4. The molecule has 1 aromatic carbocycles. The van der Waals surface area contributed by atoms with Crippen molar-refractivity contribution < 1.29 is 31.1 Å². The fraction of sp³-hybridized carbons (Fsp3) is 0.182. The van der Waals surface area contributed by atoms with Crippen LogP contribution in [0.1, 0.15) is 16.7 Å². The first-order chi connectivity index (χ1) is 8.14. The predicted octanol–water partition coefficient (Wildman–Crippen LogP) is 3.27. The predicted molar refractivity (Wildman–Crippen MR) is 49.4 cm³/mol. The molecule has 7 heteroatoms. The summed E-state index contributed by atoms with van der Waals surface area (Å²) < 4.78 is 74.2. The van der Waals surface area contributed by atoms with E-state index in [9.17, 15) is 31.1 Å². The Morgan fingerprint density at radius 1 is 0.889 bits per heavy atom. The monoisotopic (exact) mass is 266 g/mol. The standard InChI is InChI=1S/C11H4F6O/c12-10(13,14)8-4-7(2-1-3-18)5-9(6-8)11(15,16)17/h3-6H. The number of carbonyl (C=O) groups excluding carboxylic acids is 1. The van der Waals surface area contributed by atoms with Crippen LogP contribution in [0, 0.1) is 11.8 Å². The molecule has 0 amide bonds. The summed E-state index contributed by atoms with van der Waals surface area (Å²) in [5, 5.41) is 0. The maximum Gasteiger partial charge on any atom is 0.416 e. The minimum Gasteiger partial charge on any atom is -0.289 e. The van der Waals surface area contributed by atoms with Crippen LogP contribution in [0.3, 0.4) is 0 Å². The van der Waals surface area contributed by atoms with Crippen LogP contribution in [-0.2, 0) is 17.1 Å². The topological polar surface area (TPSA) is 17.1 Å². The smallest absolute Gasteiger partial charge is 0.289 e. The molecule has 0 saturated heterocycles. The molecule has 0 unspecified atom stereocenters. The molecule has 0 spiro atoms. The Kier molecular flexibility index (Phi) is 3.70. The van der Waals surface area contributed by atoms with Gasteiger partial charge in [0.25, 0.3) is 0 Å². The zero-order valence-electron chi connectivity index (χ0n) is 8.49. The Bertz CT molecular complexity index is 483. The summed E-state index contributed by atoms with van der Waals surface area (Å²) in [7, 11) is 0. The summed E-state index contributed by atoms with van der Waals surface area (Å²) in [6.45, 7) is 0. The summed E-state index contributed by atoms with van der Waals surface area (Å²) in [4.78, 5) is 9.92. The molecule has 0 aliphatic heterocycles. The van der Waals surface area contributed by atoms with Crippen molar-refractivity contribution in [1.82, 2.24) is 0 Å². The summed E-state index contributed by atoms with van der Waals surface area (Å²) in [5.74, 6) is 3.66. The van der Waals surface area contributed by atoms with Crippen LogP contribution in [0.25, 0.3) is 0 Å². The van der Waals surface area contributed by atoms with Crippen LogP contribution >= 0.6 is 0 Å². The highest BCUT2D eigenvalue weighted by atomic mass is 19.4. The van der Waals surface area contributed by atoms with E-state index in [2.05, 4.69) is 0 Å². The molecule has 1 aromatic rings.